The van der Waals surface area contributed by atoms with Crippen LogP contribution in [0.5, 0.6) is 5.75 Å². The first-order chi connectivity index (χ1) is 12.5. The highest BCUT2D eigenvalue weighted by atomic mass is 35.5. The number of benzene rings is 2. The molecular formula is C19H18ClN3O3. The first kappa shape index (κ1) is 17.9. The molecule has 1 heterocycles. The number of anilines is 1. The Kier molecular flexibility index (Phi) is 5.53. The molecule has 134 valence electrons. The number of amides is 1. The summed E-state index contributed by atoms with van der Waals surface area (Å²) >= 11 is 6.05. The van der Waals surface area contributed by atoms with Crippen molar-refractivity contribution in [2.45, 2.75) is 13.8 Å². The molecule has 1 amide bonds. The fourth-order valence-corrected chi connectivity index (χ4v) is 2.47. The van der Waals surface area contributed by atoms with Crippen LogP contribution in [0.1, 0.15) is 24.2 Å². The fraction of sp³-hybridized carbons (Fsp3) is 0.211. The number of nitrogens with one attached hydrogen (secondary N) is 1. The van der Waals surface area contributed by atoms with E-state index >= 15 is 0 Å². The number of carbonyl (C=O) groups excluding carboxylic acids is 1. The number of halogens is 1. The van der Waals surface area contributed by atoms with E-state index in [-0.39, 0.29) is 11.7 Å². The van der Waals surface area contributed by atoms with E-state index in [1.807, 2.05) is 24.3 Å². The van der Waals surface area contributed by atoms with Gasteiger partial charge in [0.05, 0.1) is 17.2 Å². The van der Waals surface area contributed by atoms with Gasteiger partial charge in [-0.15, -0.1) is 0 Å². The van der Waals surface area contributed by atoms with Crippen molar-refractivity contribution in [3.05, 3.63) is 59.1 Å². The highest BCUT2D eigenvalue weighted by molar-refractivity contribution is 6.34. The molecule has 1 aromatic heterocycles. The molecule has 0 radical (unpaired) electrons. The first-order valence-electron chi connectivity index (χ1n) is 8.16. The molecule has 0 atom stereocenters. The van der Waals surface area contributed by atoms with Crippen LogP contribution < -0.4 is 10.1 Å². The number of ether oxygens (including phenoxy) is 1. The Labute approximate surface area is 156 Å². The summed E-state index contributed by atoms with van der Waals surface area (Å²) in [5.74, 6) is 1.05. The average Bonchev–Trinajstić information content (AvgIpc) is 3.08. The molecule has 0 fully saturated rings. The summed E-state index contributed by atoms with van der Waals surface area (Å²) in [7, 11) is 0. The van der Waals surface area contributed by atoms with Crippen LogP contribution in [0.4, 0.5) is 5.82 Å². The maximum Gasteiger partial charge on any atom is 0.258 e. The predicted octanol–water partition coefficient (Wildman–Crippen LogP) is 4.68. The van der Waals surface area contributed by atoms with E-state index in [0.29, 0.717) is 28.8 Å². The van der Waals surface area contributed by atoms with Gasteiger partial charge in [0.25, 0.3) is 5.91 Å². The van der Waals surface area contributed by atoms with E-state index in [2.05, 4.69) is 29.5 Å². The van der Waals surface area contributed by atoms with Gasteiger partial charge in [0, 0.05) is 5.56 Å². The molecule has 0 unspecified atom stereocenters. The third-order valence-corrected chi connectivity index (χ3v) is 3.88. The van der Waals surface area contributed by atoms with Crippen molar-refractivity contribution in [3.8, 4) is 17.0 Å². The summed E-state index contributed by atoms with van der Waals surface area (Å²) in [5.41, 5.74) is 1.53. The van der Waals surface area contributed by atoms with Crippen LogP contribution >= 0.6 is 11.6 Å². The summed E-state index contributed by atoms with van der Waals surface area (Å²) in [5, 5.41) is 10.7. The van der Waals surface area contributed by atoms with Crippen LogP contribution in [0.25, 0.3) is 11.3 Å². The molecule has 0 saturated heterocycles. The Morgan fingerprint density at radius 2 is 1.88 bits per heavy atom. The van der Waals surface area contributed by atoms with E-state index in [4.69, 9.17) is 21.0 Å². The van der Waals surface area contributed by atoms with Crippen LogP contribution in [0.2, 0.25) is 5.02 Å². The van der Waals surface area contributed by atoms with Crippen LogP contribution in [0, 0.1) is 5.92 Å². The minimum atomic E-state index is -0.385. The van der Waals surface area contributed by atoms with E-state index in [1.165, 1.54) is 0 Å². The molecule has 0 aliphatic rings. The molecule has 6 nitrogen and oxygen atoms in total. The SMILES string of the molecule is CC(C)COc1ccc(-c2nonc2NC(=O)c2ccccc2Cl)cc1. The lowest BCUT2D eigenvalue weighted by molar-refractivity contribution is 0.102. The highest BCUT2D eigenvalue weighted by Crippen LogP contribution is 2.27. The Morgan fingerprint density at radius 1 is 1.15 bits per heavy atom. The van der Waals surface area contributed by atoms with Gasteiger partial charge in [0.15, 0.2) is 5.69 Å². The van der Waals surface area contributed by atoms with Gasteiger partial charge in [-0.05, 0) is 52.6 Å². The summed E-state index contributed by atoms with van der Waals surface area (Å²) in [6.07, 6.45) is 0. The van der Waals surface area contributed by atoms with Crippen molar-refractivity contribution in [1.82, 2.24) is 10.3 Å². The van der Waals surface area contributed by atoms with Crippen molar-refractivity contribution in [2.75, 3.05) is 11.9 Å². The van der Waals surface area contributed by atoms with E-state index < -0.39 is 0 Å². The third-order valence-electron chi connectivity index (χ3n) is 3.55. The van der Waals surface area contributed by atoms with E-state index in [1.54, 1.807) is 24.3 Å². The average molecular weight is 372 g/mol. The molecule has 1 N–H and O–H groups in total. The number of aromatic nitrogens is 2. The Hall–Kier alpha value is -2.86. The maximum atomic E-state index is 12.4. The smallest absolute Gasteiger partial charge is 0.258 e. The molecule has 2 aromatic carbocycles. The molecule has 3 rings (SSSR count). The second kappa shape index (κ2) is 8.01. The Balaban J connectivity index is 1.76. The molecular weight excluding hydrogens is 354 g/mol. The topological polar surface area (TPSA) is 77.2 Å². The van der Waals surface area contributed by atoms with Crippen LogP contribution in [-0.4, -0.2) is 22.8 Å². The van der Waals surface area contributed by atoms with Gasteiger partial charge in [-0.1, -0.05) is 37.6 Å². The second-order valence-corrected chi connectivity index (χ2v) is 6.53. The highest BCUT2D eigenvalue weighted by Gasteiger charge is 2.17. The summed E-state index contributed by atoms with van der Waals surface area (Å²) in [4.78, 5) is 12.4. The molecule has 7 heteroatoms. The molecule has 0 spiro atoms. The van der Waals surface area contributed by atoms with Crippen LogP contribution in [0.15, 0.2) is 53.2 Å². The zero-order chi connectivity index (χ0) is 18.5. The maximum absolute atomic E-state index is 12.4. The quantitative estimate of drug-likeness (QED) is 0.680. The number of hydrogen-bond donors (Lipinski definition) is 1. The number of hydrogen-bond acceptors (Lipinski definition) is 5. The molecule has 26 heavy (non-hydrogen) atoms. The fourth-order valence-electron chi connectivity index (χ4n) is 2.25. The van der Waals surface area contributed by atoms with Crippen LogP contribution in [0.3, 0.4) is 0 Å². The van der Waals surface area contributed by atoms with Gasteiger partial charge < -0.3 is 10.1 Å². The van der Waals surface area contributed by atoms with Gasteiger partial charge in [-0.25, -0.2) is 4.63 Å². The third kappa shape index (κ3) is 4.21. The molecule has 0 aliphatic carbocycles. The molecule has 0 bridgehead atoms. The Morgan fingerprint density at radius 3 is 2.58 bits per heavy atom. The minimum Gasteiger partial charge on any atom is -0.493 e. The van der Waals surface area contributed by atoms with E-state index in [0.717, 1.165) is 11.3 Å². The molecule has 3 aromatic rings. The first-order valence-corrected chi connectivity index (χ1v) is 8.54. The minimum absolute atomic E-state index is 0.228. The van der Waals surface area contributed by atoms with Gasteiger partial charge in [-0.2, -0.15) is 0 Å². The number of nitrogens with zero attached hydrogens (tertiary/aromatic N) is 2. The normalized spacial score (nSPS) is 10.8. The lowest BCUT2D eigenvalue weighted by atomic mass is 10.1. The van der Waals surface area contributed by atoms with Gasteiger partial charge in [0.1, 0.15) is 5.75 Å². The van der Waals surface area contributed by atoms with Gasteiger partial charge in [-0.3, -0.25) is 4.79 Å². The standard InChI is InChI=1S/C19H18ClN3O3/c1-12(2)11-25-14-9-7-13(8-10-14)17-18(23-26-22-17)21-19(24)15-5-3-4-6-16(15)20/h3-10,12H,11H2,1-2H3,(H,21,23,24). The van der Waals surface area contributed by atoms with Crippen LogP contribution in [-0.2, 0) is 0 Å². The van der Waals surface area contributed by atoms with Crippen molar-refractivity contribution in [3.63, 3.8) is 0 Å². The van der Waals surface area contributed by atoms with Crippen molar-refractivity contribution < 1.29 is 14.2 Å². The van der Waals surface area contributed by atoms with Crippen molar-refractivity contribution in [2.24, 2.45) is 5.92 Å². The molecule has 0 aliphatic heterocycles. The second-order valence-electron chi connectivity index (χ2n) is 6.12. The zero-order valence-electron chi connectivity index (χ0n) is 14.4. The summed E-state index contributed by atoms with van der Waals surface area (Å²) in [6, 6.07) is 14.1. The summed E-state index contributed by atoms with van der Waals surface area (Å²) in [6.45, 7) is 4.82. The summed E-state index contributed by atoms with van der Waals surface area (Å²) < 4.78 is 10.5. The Bertz CT molecular complexity index is 891. The van der Waals surface area contributed by atoms with Crippen molar-refractivity contribution >= 4 is 23.3 Å². The lowest BCUT2D eigenvalue weighted by Gasteiger charge is -2.09. The number of rotatable bonds is 6. The monoisotopic (exact) mass is 371 g/mol. The van der Waals surface area contributed by atoms with Gasteiger partial charge in [0.2, 0.25) is 5.82 Å². The largest absolute Gasteiger partial charge is 0.493 e. The molecule has 0 saturated carbocycles. The lowest BCUT2D eigenvalue weighted by Crippen LogP contribution is -2.13. The predicted molar refractivity (Wildman–Crippen MR) is 99.5 cm³/mol. The zero-order valence-corrected chi connectivity index (χ0v) is 15.2. The van der Waals surface area contributed by atoms with Gasteiger partial charge >= 0.3 is 0 Å². The van der Waals surface area contributed by atoms with Crippen molar-refractivity contribution in [1.29, 1.82) is 0 Å². The number of carbonyl (C=O) groups is 1. The van der Waals surface area contributed by atoms with E-state index in [9.17, 15) is 4.79 Å².